The molecular weight excluding hydrogens is 242 g/mol. The van der Waals surface area contributed by atoms with E-state index in [2.05, 4.69) is 5.18 Å². The van der Waals surface area contributed by atoms with Crippen LogP contribution in [0.1, 0.15) is 15.9 Å². The molecule has 0 fully saturated rings. The smallest absolute Gasteiger partial charge is 0.218 e. The van der Waals surface area contributed by atoms with E-state index < -0.39 is 17.2 Å². The number of aliphatic hydroxyl groups excluding tert-OH is 1. The Morgan fingerprint density at radius 3 is 1.79 bits per heavy atom. The molecule has 1 N–H and O–H groups in total. The average molecular weight is 253 g/mol. The molecule has 0 aliphatic rings. The van der Waals surface area contributed by atoms with E-state index in [0.29, 0.717) is 11.1 Å². The Morgan fingerprint density at radius 2 is 1.32 bits per heavy atom. The summed E-state index contributed by atoms with van der Waals surface area (Å²) >= 11 is 0. The molecule has 0 radical (unpaired) electrons. The molecule has 2 rings (SSSR count). The Kier molecular flexibility index (Phi) is 3.83. The minimum absolute atomic E-state index is 0.305. The molecular formula is C15H11NO3. The van der Waals surface area contributed by atoms with Gasteiger partial charge in [-0.25, -0.2) is 0 Å². The highest BCUT2D eigenvalue weighted by Gasteiger charge is 2.19. The number of rotatable bonds is 4. The highest BCUT2D eigenvalue weighted by molar-refractivity contribution is 6.12. The van der Waals surface area contributed by atoms with Crippen LogP contribution in [0, 0.1) is 4.91 Å². The Balaban J connectivity index is 2.45. The van der Waals surface area contributed by atoms with Crippen LogP contribution in [0.15, 0.2) is 71.5 Å². The summed E-state index contributed by atoms with van der Waals surface area (Å²) in [5.74, 6) is -1.01. The summed E-state index contributed by atoms with van der Waals surface area (Å²) in [7, 11) is 0. The number of carbonyl (C=O) groups is 1. The van der Waals surface area contributed by atoms with Crippen molar-refractivity contribution in [2.45, 2.75) is 0 Å². The summed E-state index contributed by atoms with van der Waals surface area (Å²) in [6.45, 7) is 0. The van der Waals surface area contributed by atoms with E-state index in [-0.39, 0.29) is 0 Å². The number of carbonyl (C=O) groups excluding carboxylic acids is 1. The number of aliphatic hydroxyl groups is 1. The number of hydrogen-bond donors (Lipinski definition) is 1. The summed E-state index contributed by atoms with van der Waals surface area (Å²) in [5, 5.41) is 12.6. The third kappa shape index (κ3) is 2.74. The molecule has 0 aliphatic carbocycles. The number of ketones is 1. The van der Waals surface area contributed by atoms with E-state index in [9.17, 15) is 14.8 Å². The van der Waals surface area contributed by atoms with E-state index in [1.54, 1.807) is 60.7 Å². The fourth-order valence-electron chi connectivity index (χ4n) is 1.65. The van der Waals surface area contributed by atoms with E-state index in [1.807, 2.05) is 0 Å². The zero-order valence-corrected chi connectivity index (χ0v) is 9.98. The van der Waals surface area contributed by atoms with Crippen LogP contribution in [0.2, 0.25) is 0 Å². The van der Waals surface area contributed by atoms with Crippen molar-refractivity contribution in [2.75, 3.05) is 0 Å². The quantitative estimate of drug-likeness (QED) is 0.392. The van der Waals surface area contributed by atoms with Gasteiger partial charge >= 0.3 is 0 Å². The second kappa shape index (κ2) is 5.73. The molecule has 0 saturated carbocycles. The third-order valence-corrected chi connectivity index (χ3v) is 2.61. The molecule has 4 heteroatoms. The Bertz CT molecular complexity index is 618. The molecule has 0 heterocycles. The fraction of sp³-hybridized carbons (Fsp3) is 0. The van der Waals surface area contributed by atoms with Crippen LogP contribution < -0.4 is 0 Å². The molecule has 4 nitrogen and oxygen atoms in total. The van der Waals surface area contributed by atoms with Crippen molar-refractivity contribution in [3.63, 3.8) is 0 Å². The molecule has 94 valence electrons. The summed E-state index contributed by atoms with van der Waals surface area (Å²) in [6, 6.07) is 16.6. The molecule has 2 aromatic carbocycles. The first-order chi connectivity index (χ1) is 9.24. The van der Waals surface area contributed by atoms with Crippen molar-refractivity contribution in [1.29, 1.82) is 0 Å². The first kappa shape index (κ1) is 12.7. The van der Waals surface area contributed by atoms with E-state index in [4.69, 9.17) is 0 Å². The van der Waals surface area contributed by atoms with Crippen molar-refractivity contribution < 1.29 is 9.90 Å². The van der Waals surface area contributed by atoms with Gasteiger partial charge in [0.05, 0.1) is 0 Å². The van der Waals surface area contributed by atoms with Crippen LogP contribution >= 0.6 is 0 Å². The second-order valence-electron chi connectivity index (χ2n) is 3.85. The van der Waals surface area contributed by atoms with Gasteiger partial charge < -0.3 is 5.11 Å². The van der Waals surface area contributed by atoms with Gasteiger partial charge in [0.1, 0.15) is 0 Å². The lowest BCUT2D eigenvalue weighted by Gasteiger charge is -2.03. The van der Waals surface area contributed by atoms with Gasteiger partial charge in [-0.2, -0.15) is 0 Å². The lowest BCUT2D eigenvalue weighted by Crippen LogP contribution is -2.04. The van der Waals surface area contributed by atoms with Gasteiger partial charge in [-0.15, -0.1) is 4.91 Å². The topological polar surface area (TPSA) is 66.7 Å². The fourth-order valence-corrected chi connectivity index (χ4v) is 1.65. The van der Waals surface area contributed by atoms with Crippen LogP contribution in [-0.2, 0) is 0 Å². The largest absolute Gasteiger partial charge is 0.505 e. The first-order valence-corrected chi connectivity index (χ1v) is 5.66. The van der Waals surface area contributed by atoms with Gasteiger partial charge in [-0.1, -0.05) is 60.7 Å². The lowest BCUT2D eigenvalue weighted by atomic mass is 10.1. The van der Waals surface area contributed by atoms with E-state index in [0.717, 1.165) is 0 Å². The Hall–Kier alpha value is -2.75. The van der Waals surface area contributed by atoms with Crippen LogP contribution in [-0.4, -0.2) is 10.9 Å². The van der Waals surface area contributed by atoms with Gasteiger partial charge in [-0.3, -0.25) is 4.79 Å². The molecule has 2 aromatic rings. The molecule has 0 aromatic heterocycles. The van der Waals surface area contributed by atoms with Gasteiger partial charge in [-0.05, 0) is 5.18 Å². The zero-order chi connectivity index (χ0) is 13.7. The normalized spacial score (nSPS) is 11.6. The highest BCUT2D eigenvalue weighted by atomic mass is 16.3. The van der Waals surface area contributed by atoms with Crippen LogP contribution in [0.25, 0.3) is 5.76 Å². The molecule has 0 amide bonds. The number of allylic oxidation sites excluding steroid dienone is 1. The predicted molar refractivity (Wildman–Crippen MR) is 72.6 cm³/mol. The molecule has 0 spiro atoms. The van der Waals surface area contributed by atoms with Crippen molar-refractivity contribution >= 4 is 11.5 Å². The molecule has 0 atom stereocenters. The van der Waals surface area contributed by atoms with Crippen molar-refractivity contribution in [2.24, 2.45) is 5.18 Å². The number of Topliss-reactive ketones (excluding diaryl/α,β-unsaturated/α-hetero) is 1. The molecule has 0 aliphatic heterocycles. The minimum Gasteiger partial charge on any atom is -0.505 e. The SMILES string of the molecule is O=N/C(C(=O)c1ccccc1)=C(\O)c1ccccc1. The van der Waals surface area contributed by atoms with Gasteiger partial charge in [0.2, 0.25) is 5.78 Å². The molecule has 0 bridgehead atoms. The number of hydrogen-bond acceptors (Lipinski definition) is 4. The molecule has 0 saturated heterocycles. The number of nitroso groups, excluding NO2 is 1. The van der Waals surface area contributed by atoms with Crippen LogP contribution in [0.5, 0.6) is 0 Å². The predicted octanol–water partition coefficient (Wildman–Crippen LogP) is 3.56. The summed E-state index contributed by atoms with van der Waals surface area (Å²) in [4.78, 5) is 22.9. The summed E-state index contributed by atoms with van der Waals surface area (Å²) in [5.41, 5.74) is 0.193. The Morgan fingerprint density at radius 1 is 0.842 bits per heavy atom. The van der Waals surface area contributed by atoms with E-state index >= 15 is 0 Å². The monoisotopic (exact) mass is 253 g/mol. The Labute approximate surface area is 110 Å². The van der Waals surface area contributed by atoms with Crippen molar-refractivity contribution in [1.82, 2.24) is 0 Å². The molecule has 19 heavy (non-hydrogen) atoms. The standard InChI is InChI=1S/C15H11NO3/c17-14(11-7-3-1-4-8-11)13(16-19)15(18)12-9-5-2-6-10-12/h1-10,17H/b14-13-. The second-order valence-corrected chi connectivity index (χ2v) is 3.85. The number of nitrogens with zero attached hydrogens (tertiary/aromatic N) is 1. The van der Waals surface area contributed by atoms with Crippen molar-refractivity contribution in [3.8, 4) is 0 Å². The van der Waals surface area contributed by atoms with Crippen LogP contribution in [0.3, 0.4) is 0 Å². The van der Waals surface area contributed by atoms with Gasteiger partial charge in [0.15, 0.2) is 11.5 Å². The van der Waals surface area contributed by atoms with Crippen molar-refractivity contribution in [3.05, 3.63) is 82.4 Å². The summed E-state index contributed by atoms with van der Waals surface area (Å²) in [6.07, 6.45) is 0. The average Bonchev–Trinajstić information content (AvgIpc) is 2.49. The van der Waals surface area contributed by atoms with Crippen LogP contribution in [0.4, 0.5) is 0 Å². The zero-order valence-electron chi connectivity index (χ0n) is 9.98. The first-order valence-electron chi connectivity index (χ1n) is 5.66. The maximum absolute atomic E-state index is 12.1. The number of benzene rings is 2. The maximum atomic E-state index is 12.1. The highest BCUT2D eigenvalue weighted by Crippen LogP contribution is 2.20. The van der Waals surface area contributed by atoms with Gasteiger partial charge in [0, 0.05) is 11.1 Å². The maximum Gasteiger partial charge on any atom is 0.218 e. The van der Waals surface area contributed by atoms with Gasteiger partial charge in [0.25, 0.3) is 0 Å². The minimum atomic E-state index is -0.600. The summed E-state index contributed by atoms with van der Waals surface area (Å²) < 4.78 is 0. The lowest BCUT2D eigenvalue weighted by molar-refractivity contribution is 0.103. The third-order valence-electron chi connectivity index (χ3n) is 2.61. The molecule has 0 unspecified atom stereocenters. The van der Waals surface area contributed by atoms with E-state index in [1.165, 1.54) is 0 Å².